The van der Waals surface area contributed by atoms with Crippen LogP contribution in [0, 0.1) is 0 Å². The van der Waals surface area contributed by atoms with Gasteiger partial charge in [0.05, 0.1) is 0 Å². The molecule has 0 nitrogen and oxygen atoms in total. The fourth-order valence-electron chi connectivity index (χ4n) is 0.653. The van der Waals surface area contributed by atoms with Crippen LogP contribution in [0.3, 0.4) is 0 Å². The van der Waals surface area contributed by atoms with E-state index < -0.39 is 0 Å². The van der Waals surface area contributed by atoms with Gasteiger partial charge >= 0.3 is 0 Å². The van der Waals surface area contributed by atoms with E-state index in [2.05, 4.69) is 6.92 Å². The summed E-state index contributed by atoms with van der Waals surface area (Å²) < 4.78 is 0. The van der Waals surface area contributed by atoms with Gasteiger partial charge in [0.2, 0.25) is 0 Å². The standard InChI is InChI=1S/C8H14Cl2/c1-3-4-5-8(10)6-7(2)9/h5,7H,3-4,6H2,1-2H3/b8-5-. The molecule has 0 heterocycles. The first-order chi connectivity index (χ1) is 4.66. The van der Waals surface area contributed by atoms with E-state index in [4.69, 9.17) is 23.2 Å². The van der Waals surface area contributed by atoms with Crippen molar-refractivity contribution in [2.24, 2.45) is 0 Å². The van der Waals surface area contributed by atoms with E-state index >= 15 is 0 Å². The summed E-state index contributed by atoms with van der Waals surface area (Å²) in [5.41, 5.74) is 0. The Balaban J connectivity index is 3.49. The van der Waals surface area contributed by atoms with E-state index in [0.717, 1.165) is 24.3 Å². The second kappa shape index (κ2) is 6.06. The van der Waals surface area contributed by atoms with Crippen LogP contribution in [-0.2, 0) is 0 Å². The molecule has 2 heteroatoms. The zero-order valence-corrected chi connectivity index (χ0v) is 8.04. The second-order valence-electron chi connectivity index (χ2n) is 2.42. The molecule has 0 N–H and O–H groups in total. The van der Waals surface area contributed by atoms with Crippen LogP contribution < -0.4 is 0 Å². The molecule has 0 aliphatic carbocycles. The number of unbranched alkanes of at least 4 members (excludes halogenated alkanes) is 1. The first-order valence-electron chi connectivity index (χ1n) is 3.65. The lowest BCUT2D eigenvalue weighted by Crippen LogP contribution is -1.89. The maximum atomic E-state index is 5.83. The molecule has 0 spiro atoms. The van der Waals surface area contributed by atoms with Gasteiger partial charge in [-0.2, -0.15) is 0 Å². The molecular weight excluding hydrogens is 167 g/mol. The Kier molecular flexibility index (Phi) is 6.25. The van der Waals surface area contributed by atoms with Crippen LogP contribution in [-0.4, -0.2) is 5.38 Å². The van der Waals surface area contributed by atoms with Gasteiger partial charge in [-0.25, -0.2) is 0 Å². The summed E-state index contributed by atoms with van der Waals surface area (Å²) in [6, 6.07) is 0. The fourth-order valence-corrected chi connectivity index (χ4v) is 1.24. The predicted octanol–water partition coefficient (Wildman–Crippen LogP) is 3.93. The van der Waals surface area contributed by atoms with Crippen LogP contribution in [0.1, 0.15) is 33.1 Å². The van der Waals surface area contributed by atoms with Crippen molar-refractivity contribution in [1.29, 1.82) is 0 Å². The van der Waals surface area contributed by atoms with Gasteiger partial charge in [-0.3, -0.25) is 0 Å². The molecular formula is C8H14Cl2. The minimum absolute atomic E-state index is 0.153. The Morgan fingerprint density at radius 2 is 2.20 bits per heavy atom. The van der Waals surface area contributed by atoms with Crippen molar-refractivity contribution in [2.75, 3.05) is 0 Å². The molecule has 1 atom stereocenters. The van der Waals surface area contributed by atoms with Gasteiger partial charge < -0.3 is 0 Å². The molecule has 10 heavy (non-hydrogen) atoms. The van der Waals surface area contributed by atoms with Crippen LogP contribution in [0.2, 0.25) is 0 Å². The number of halogens is 2. The Morgan fingerprint density at radius 1 is 1.60 bits per heavy atom. The van der Waals surface area contributed by atoms with Gasteiger partial charge in [0.15, 0.2) is 0 Å². The third-order valence-corrected chi connectivity index (χ3v) is 1.59. The van der Waals surface area contributed by atoms with Crippen molar-refractivity contribution in [3.63, 3.8) is 0 Å². The van der Waals surface area contributed by atoms with Gasteiger partial charge in [-0.1, -0.05) is 31.0 Å². The molecule has 0 aromatic heterocycles. The van der Waals surface area contributed by atoms with Crippen LogP contribution in [0.15, 0.2) is 11.1 Å². The summed E-state index contributed by atoms with van der Waals surface area (Å²) in [6.07, 6.45) is 5.04. The van der Waals surface area contributed by atoms with E-state index in [0.29, 0.717) is 0 Å². The lowest BCUT2D eigenvalue weighted by Gasteiger charge is -1.99. The van der Waals surface area contributed by atoms with Crippen molar-refractivity contribution < 1.29 is 0 Å². The minimum atomic E-state index is 0.153. The first kappa shape index (κ1) is 10.3. The van der Waals surface area contributed by atoms with E-state index in [1.807, 2.05) is 13.0 Å². The lowest BCUT2D eigenvalue weighted by molar-refractivity contribution is 0.915. The van der Waals surface area contributed by atoms with Gasteiger partial charge in [-0.15, -0.1) is 11.6 Å². The summed E-state index contributed by atoms with van der Waals surface area (Å²) in [6.45, 7) is 4.08. The number of rotatable bonds is 4. The van der Waals surface area contributed by atoms with Crippen molar-refractivity contribution >= 4 is 23.2 Å². The van der Waals surface area contributed by atoms with E-state index in [1.165, 1.54) is 0 Å². The first-order valence-corrected chi connectivity index (χ1v) is 4.46. The molecule has 0 aromatic rings. The quantitative estimate of drug-likeness (QED) is 0.576. The molecule has 0 saturated carbocycles. The summed E-state index contributed by atoms with van der Waals surface area (Å²) in [4.78, 5) is 0. The molecule has 0 bridgehead atoms. The van der Waals surface area contributed by atoms with Crippen molar-refractivity contribution in [1.82, 2.24) is 0 Å². The normalized spacial score (nSPS) is 15.4. The zero-order chi connectivity index (χ0) is 7.98. The third-order valence-electron chi connectivity index (χ3n) is 1.13. The number of alkyl halides is 1. The second-order valence-corrected chi connectivity index (χ2v) is 3.66. The summed E-state index contributed by atoms with van der Waals surface area (Å²) in [5, 5.41) is 1.05. The van der Waals surface area contributed by atoms with Gasteiger partial charge in [0.25, 0.3) is 0 Å². The van der Waals surface area contributed by atoms with Crippen molar-refractivity contribution in [3.05, 3.63) is 11.1 Å². The summed E-state index contributed by atoms with van der Waals surface area (Å²) >= 11 is 11.6. The molecule has 1 unspecified atom stereocenters. The Bertz CT molecular complexity index is 106. The number of allylic oxidation sites excluding steroid dienone is 2. The predicted molar refractivity (Wildman–Crippen MR) is 48.8 cm³/mol. The molecule has 0 aliphatic heterocycles. The average Bonchev–Trinajstić information content (AvgIpc) is 1.82. The lowest BCUT2D eigenvalue weighted by atomic mass is 10.2. The Labute approximate surface area is 73.2 Å². The molecule has 0 aromatic carbocycles. The highest BCUT2D eigenvalue weighted by Crippen LogP contribution is 2.14. The maximum absolute atomic E-state index is 5.83. The number of hydrogen-bond acceptors (Lipinski definition) is 0. The molecule has 0 saturated heterocycles. The Morgan fingerprint density at radius 3 is 2.60 bits per heavy atom. The zero-order valence-electron chi connectivity index (χ0n) is 6.53. The molecule has 0 fully saturated rings. The molecule has 60 valence electrons. The average molecular weight is 181 g/mol. The number of hydrogen-bond donors (Lipinski definition) is 0. The summed E-state index contributed by atoms with van der Waals surface area (Å²) in [7, 11) is 0. The topological polar surface area (TPSA) is 0 Å². The Hall–Kier alpha value is 0.320. The third kappa shape index (κ3) is 6.44. The van der Waals surface area contributed by atoms with Crippen molar-refractivity contribution in [2.45, 2.75) is 38.5 Å². The highest BCUT2D eigenvalue weighted by molar-refractivity contribution is 6.30. The highest BCUT2D eigenvalue weighted by atomic mass is 35.5. The van der Waals surface area contributed by atoms with Crippen LogP contribution in [0.5, 0.6) is 0 Å². The molecule has 0 radical (unpaired) electrons. The smallest absolute Gasteiger partial charge is 0.0356 e. The van der Waals surface area contributed by atoms with E-state index in [-0.39, 0.29) is 5.38 Å². The van der Waals surface area contributed by atoms with E-state index in [1.54, 1.807) is 0 Å². The molecule has 0 amide bonds. The van der Waals surface area contributed by atoms with Crippen LogP contribution >= 0.6 is 23.2 Å². The van der Waals surface area contributed by atoms with Crippen molar-refractivity contribution in [3.8, 4) is 0 Å². The maximum Gasteiger partial charge on any atom is 0.0356 e. The molecule has 0 rings (SSSR count). The largest absolute Gasteiger partial charge is 0.123 e. The highest BCUT2D eigenvalue weighted by Gasteiger charge is 1.97. The summed E-state index contributed by atoms with van der Waals surface area (Å²) in [5.74, 6) is 0. The van der Waals surface area contributed by atoms with Crippen LogP contribution in [0.25, 0.3) is 0 Å². The van der Waals surface area contributed by atoms with E-state index in [9.17, 15) is 0 Å². The minimum Gasteiger partial charge on any atom is -0.123 e. The van der Waals surface area contributed by atoms with Gasteiger partial charge in [0, 0.05) is 10.4 Å². The fraction of sp³-hybridized carbons (Fsp3) is 0.750. The SMILES string of the molecule is CCC/C=C(\Cl)CC(C)Cl. The molecule has 0 aliphatic rings. The van der Waals surface area contributed by atoms with Gasteiger partial charge in [-0.05, 0) is 19.8 Å². The monoisotopic (exact) mass is 180 g/mol. The van der Waals surface area contributed by atoms with Crippen LogP contribution in [0.4, 0.5) is 0 Å². The van der Waals surface area contributed by atoms with Gasteiger partial charge in [0.1, 0.15) is 0 Å².